The van der Waals surface area contributed by atoms with E-state index in [1.165, 1.54) is 7.11 Å². The molecule has 1 aliphatic rings. The zero-order valence-corrected chi connectivity index (χ0v) is 9.55. The van der Waals surface area contributed by atoms with Gasteiger partial charge in [-0.3, -0.25) is 10.1 Å². The number of aromatic hydroxyl groups is 1. The second kappa shape index (κ2) is 5.16. The van der Waals surface area contributed by atoms with Crippen molar-refractivity contribution in [3.63, 3.8) is 0 Å². The van der Waals surface area contributed by atoms with Crippen molar-refractivity contribution in [2.75, 3.05) is 20.3 Å². The lowest BCUT2D eigenvalue weighted by atomic mass is 10.1. The maximum Gasteiger partial charge on any atom is 0.325 e. The summed E-state index contributed by atoms with van der Waals surface area (Å²) in [5.74, 6) is -0.0842. The van der Waals surface area contributed by atoms with Crippen molar-refractivity contribution in [2.45, 2.75) is 12.1 Å². The monoisotopic (exact) mass is 237 g/mol. The number of morpholine rings is 1. The van der Waals surface area contributed by atoms with Gasteiger partial charge in [-0.2, -0.15) is 0 Å². The third-order valence-corrected chi connectivity index (χ3v) is 2.76. The van der Waals surface area contributed by atoms with E-state index in [1.807, 2.05) is 0 Å². The molecule has 0 aliphatic carbocycles. The first-order chi connectivity index (χ1) is 8.20. The highest BCUT2D eigenvalue weighted by Crippen LogP contribution is 2.22. The van der Waals surface area contributed by atoms with Gasteiger partial charge in [0.1, 0.15) is 11.8 Å². The average Bonchev–Trinajstić information content (AvgIpc) is 2.39. The lowest BCUT2D eigenvalue weighted by Gasteiger charge is -2.29. The first kappa shape index (κ1) is 11.9. The van der Waals surface area contributed by atoms with Gasteiger partial charge in [-0.25, -0.2) is 0 Å². The van der Waals surface area contributed by atoms with E-state index in [9.17, 15) is 9.90 Å². The number of ether oxygens (including phenoxy) is 2. The Labute approximate surface area is 99.3 Å². The van der Waals surface area contributed by atoms with Crippen LogP contribution in [0.4, 0.5) is 0 Å². The molecular weight excluding hydrogens is 222 g/mol. The summed E-state index contributed by atoms with van der Waals surface area (Å²) in [6.07, 6.45) is -0.100. The first-order valence-electron chi connectivity index (χ1n) is 5.42. The second-order valence-electron chi connectivity index (χ2n) is 3.90. The molecule has 0 aromatic heterocycles. The highest BCUT2D eigenvalue weighted by molar-refractivity contribution is 5.75. The summed E-state index contributed by atoms with van der Waals surface area (Å²) in [6, 6.07) is 6.45. The molecular formula is C12H15NO4. The van der Waals surface area contributed by atoms with Crippen molar-refractivity contribution >= 4 is 5.97 Å². The molecule has 2 unspecified atom stereocenters. The largest absolute Gasteiger partial charge is 0.508 e. The molecule has 0 amide bonds. The van der Waals surface area contributed by atoms with Crippen molar-refractivity contribution < 1.29 is 19.4 Å². The molecule has 2 N–H and O–H groups in total. The molecule has 1 saturated heterocycles. The van der Waals surface area contributed by atoms with Crippen molar-refractivity contribution in [1.82, 2.24) is 5.32 Å². The molecule has 1 aliphatic heterocycles. The van der Waals surface area contributed by atoms with Crippen LogP contribution in [0.3, 0.4) is 0 Å². The summed E-state index contributed by atoms with van der Waals surface area (Å²) >= 11 is 0. The Morgan fingerprint density at radius 3 is 2.71 bits per heavy atom. The summed E-state index contributed by atoms with van der Waals surface area (Å²) < 4.78 is 10.2. The van der Waals surface area contributed by atoms with E-state index in [0.29, 0.717) is 6.54 Å². The Balaban J connectivity index is 1.95. The maximum absolute atomic E-state index is 11.3. The minimum atomic E-state index is -0.395. The lowest BCUT2D eigenvalue weighted by Crippen LogP contribution is -2.48. The topological polar surface area (TPSA) is 67.8 Å². The van der Waals surface area contributed by atoms with Gasteiger partial charge in [-0.15, -0.1) is 0 Å². The fraction of sp³-hybridized carbons (Fsp3) is 0.417. The van der Waals surface area contributed by atoms with Gasteiger partial charge in [0, 0.05) is 6.54 Å². The summed E-state index contributed by atoms with van der Waals surface area (Å²) in [7, 11) is 1.36. The van der Waals surface area contributed by atoms with Crippen LogP contribution in [0, 0.1) is 0 Å². The number of hydrogen-bond acceptors (Lipinski definition) is 5. The number of rotatable bonds is 2. The van der Waals surface area contributed by atoms with Gasteiger partial charge in [0.2, 0.25) is 0 Å². The number of benzene rings is 1. The molecule has 17 heavy (non-hydrogen) atoms. The van der Waals surface area contributed by atoms with Crippen molar-refractivity contribution in [2.24, 2.45) is 0 Å². The van der Waals surface area contributed by atoms with Crippen molar-refractivity contribution in [3.05, 3.63) is 29.8 Å². The van der Waals surface area contributed by atoms with Gasteiger partial charge in [-0.1, -0.05) is 12.1 Å². The number of hydrogen-bond donors (Lipinski definition) is 2. The Morgan fingerprint density at radius 1 is 1.47 bits per heavy atom. The average molecular weight is 237 g/mol. The summed E-state index contributed by atoms with van der Waals surface area (Å²) in [5, 5.41) is 12.3. The normalized spacial score (nSPS) is 24.3. The Hall–Kier alpha value is -1.59. The molecule has 0 saturated carbocycles. The smallest absolute Gasteiger partial charge is 0.325 e. The fourth-order valence-corrected chi connectivity index (χ4v) is 1.78. The molecule has 5 heteroatoms. The standard InChI is InChI=1S/C12H15NO4/c1-16-12(15)10-7-17-11(6-13-10)8-2-4-9(14)5-3-8/h2-5,10-11,13-14H,6-7H2,1H3. The minimum Gasteiger partial charge on any atom is -0.508 e. The molecule has 0 radical (unpaired) electrons. The van der Waals surface area contributed by atoms with Crippen LogP contribution in [0.5, 0.6) is 5.75 Å². The van der Waals surface area contributed by atoms with Gasteiger partial charge in [0.05, 0.1) is 19.8 Å². The molecule has 0 bridgehead atoms. The minimum absolute atomic E-state index is 0.100. The van der Waals surface area contributed by atoms with E-state index < -0.39 is 6.04 Å². The summed E-state index contributed by atoms with van der Waals surface area (Å²) in [5.41, 5.74) is 0.971. The molecule has 0 spiro atoms. The Bertz CT molecular complexity index is 382. The molecule has 1 heterocycles. The zero-order chi connectivity index (χ0) is 12.3. The van der Waals surface area contributed by atoms with Gasteiger partial charge in [0.25, 0.3) is 0 Å². The van der Waals surface area contributed by atoms with Gasteiger partial charge < -0.3 is 14.6 Å². The van der Waals surface area contributed by atoms with Gasteiger partial charge in [0.15, 0.2) is 0 Å². The first-order valence-corrected chi connectivity index (χ1v) is 5.42. The molecule has 1 aromatic carbocycles. The van der Waals surface area contributed by atoms with Crippen LogP contribution in [0.1, 0.15) is 11.7 Å². The van der Waals surface area contributed by atoms with Gasteiger partial charge in [-0.05, 0) is 17.7 Å². The van der Waals surface area contributed by atoms with Crippen LogP contribution < -0.4 is 5.32 Å². The predicted molar refractivity (Wildman–Crippen MR) is 60.6 cm³/mol. The molecule has 2 rings (SSSR count). The third-order valence-electron chi connectivity index (χ3n) is 2.76. The van der Waals surface area contributed by atoms with E-state index in [0.717, 1.165) is 5.56 Å². The van der Waals surface area contributed by atoms with E-state index >= 15 is 0 Å². The van der Waals surface area contributed by atoms with Crippen molar-refractivity contribution in [1.29, 1.82) is 0 Å². The van der Waals surface area contributed by atoms with Crippen LogP contribution >= 0.6 is 0 Å². The SMILES string of the molecule is COC(=O)C1COC(c2ccc(O)cc2)CN1. The van der Waals surface area contributed by atoms with E-state index in [2.05, 4.69) is 10.1 Å². The Kier molecular flexibility index (Phi) is 3.61. The maximum atomic E-state index is 11.3. The molecule has 1 fully saturated rings. The summed E-state index contributed by atoms with van der Waals surface area (Å²) in [4.78, 5) is 11.3. The quantitative estimate of drug-likeness (QED) is 0.737. The Morgan fingerprint density at radius 2 is 2.18 bits per heavy atom. The van der Waals surface area contributed by atoms with Crippen LogP contribution in [-0.4, -0.2) is 37.4 Å². The number of carbonyl (C=O) groups excluding carboxylic acids is 1. The fourth-order valence-electron chi connectivity index (χ4n) is 1.78. The molecule has 92 valence electrons. The number of phenolic OH excluding ortho intramolecular Hbond substituents is 1. The molecule has 2 atom stereocenters. The number of nitrogens with one attached hydrogen (secondary N) is 1. The molecule has 1 aromatic rings. The number of esters is 1. The van der Waals surface area contributed by atoms with E-state index in [1.54, 1.807) is 24.3 Å². The van der Waals surface area contributed by atoms with E-state index in [4.69, 9.17) is 4.74 Å². The number of carbonyl (C=O) groups is 1. The van der Waals surface area contributed by atoms with Crippen molar-refractivity contribution in [3.8, 4) is 5.75 Å². The van der Waals surface area contributed by atoms with Gasteiger partial charge >= 0.3 is 5.97 Å². The second-order valence-corrected chi connectivity index (χ2v) is 3.90. The summed E-state index contributed by atoms with van der Waals surface area (Å²) in [6.45, 7) is 0.836. The lowest BCUT2D eigenvalue weighted by molar-refractivity contribution is -0.147. The number of phenols is 1. The molecule has 5 nitrogen and oxygen atoms in total. The van der Waals surface area contributed by atoms with Crippen LogP contribution in [0.2, 0.25) is 0 Å². The van der Waals surface area contributed by atoms with E-state index in [-0.39, 0.29) is 24.4 Å². The number of methoxy groups -OCH3 is 1. The van der Waals surface area contributed by atoms with Crippen LogP contribution in [-0.2, 0) is 14.3 Å². The highest BCUT2D eigenvalue weighted by atomic mass is 16.5. The zero-order valence-electron chi connectivity index (χ0n) is 9.55. The van der Waals surface area contributed by atoms with Crippen LogP contribution in [0.15, 0.2) is 24.3 Å². The predicted octanol–water partition coefficient (Wildman–Crippen LogP) is 0.595. The third kappa shape index (κ3) is 2.75. The van der Waals surface area contributed by atoms with Crippen LogP contribution in [0.25, 0.3) is 0 Å². The highest BCUT2D eigenvalue weighted by Gasteiger charge is 2.27.